The van der Waals surface area contributed by atoms with Crippen LogP contribution in [0.2, 0.25) is 0 Å². The van der Waals surface area contributed by atoms with Gasteiger partial charge in [0.15, 0.2) is 5.78 Å². The Labute approximate surface area is 77.9 Å². The molecule has 2 saturated carbocycles. The molecule has 0 radical (unpaired) electrons. The summed E-state index contributed by atoms with van der Waals surface area (Å²) in [5, 5.41) is 2.86. The number of hydrogen-bond donors (Lipinski definition) is 1. The van der Waals surface area contributed by atoms with Gasteiger partial charge in [-0.2, -0.15) is 0 Å². The number of nitrogens with one attached hydrogen (secondary N) is 1. The first-order valence-corrected chi connectivity index (χ1v) is 4.97. The van der Waals surface area contributed by atoms with Crippen molar-refractivity contribution in [1.29, 1.82) is 0 Å². The van der Waals surface area contributed by atoms with E-state index in [-0.39, 0.29) is 11.7 Å². The van der Waals surface area contributed by atoms with E-state index >= 15 is 0 Å². The van der Waals surface area contributed by atoms with Crippen molar-refractivity contribution < 1.29 is 9.59 Å². The highest BCUT2D eigenvalue weighted by Gasteiger charge is 2.53. The predicted molar refractivity (Wildman–Crippen MR) is 48.1 cm³/mol. The van der Waals surface area contributed by atoms with Gasteiger partial charge in [-0.25, -0.2) is 0 Å². The van der Waals surface area contributed by atoms with Gasteiger partial charge >= 0.3 is 0 Å². The molecule has 13 heavy (non-hydrogen) atoms. The normalized spacial score (nSPS) is 33.5. The predicted octanol–water partition coefficient (Wildman–Crippen LogP) is 1.02. The Hall–Kier alpha value is -0.860. The summed E-state index contributed by atoms with van der Waals surface area (Å²) in [6.07, 6.45) is 4.92. The largest absolute Gasteiger partial charge is 0.344 e. The van der Waals surface area contributed by atoms with Crippen LogP contribution >= 0.6 is 0 Å². The average molecular weight is 181 g/mol. The van der Waals surface area contributed by atoms with Gasteiger partial charge in [0.05, 0.1) is 0 Å². The zero-order chi connectivity index (χ0) is 9.47. The van der Waals surface area contributed by atoms with Crippen LogP contribution in [0.15, 0.2) is 0 Å². The molecule has 0 bridgehead atoms. The highest BCUT2D eigenvalue weighted by Crippen LogP contribution is 2.45. The van der Waals surface area contributed by atoms with Crippen LogP contribution < -0.4 is 5.32 Å². The van der Waals surface area contributed by atoms with E-state index in [9.17, 15) is 9.59 Å². The second-order valence-electron chi connectivity index (χ2n) is 4.20. The third-order valence-corrected chi connectivity index (χ3v) is 3.45. The van der Waals surface area contributed by atoms with E-state index in [0.29, 0.717) is 12.3 Å². The minimum Gasteiger partial charge on any atom is -0.344 e. The maximum Gasteiger partial charge on any atom is 0.217 e. The van der Waals surface area contributed by atoms with E-state index in [1.165, 1.54) is 13.3 Å². The molecule has 2 aliphatic carbocycles. The molecule has 0 aliphatic heterocycles. The third kappa shape index (κ3) is 1.18. The number of hydrogen-bond acceptors (Lipinski definition) is 2. The molecule has 2 rings (SSSR count). The van der Waals surface area contributed by atoms with Crippen molar-refractivity contribution in [2.45, 2.75) is 44.6 Å². The Morgan fingerprint density at radius 3 is 2.46 bits per heavy atom. The Balaban J connectivity index is 2.10. The summed E-state index contributed by atoms with van der Waals surface area (Å²) in [5.74, 6) is 0.602. The molecule has 3 heteroatoms. The standard InChI is InChI=1S/C10H15NO2/c1-7(12)11-10(6-5-9(10)13)8-3-2-4-8/h8H,2-6H2,1H3,(H,11,12). The maximum absolute atomic E-state index is 11.5. The van der Waals surface area contributed by atoms with Crippen LogP contribution in [-0.4, -0.2) is 17.2 Å². The smallest absolute Gasteiger partial charge is 0.217 e. The average Bonchev–Trinajstić information content (AvgIpc) is 1.96. The fourth-order valence-electron chi connectivity index (χ4n) is 2.38. The number of ketones is 1. The lowest BCUT2D eigenvalue weighted by Crippen LogP contribution is -2.66. The molecule has 1 unspecified atom stereocenters. The Morgan fingerprint density at radius 1 is 1.54 bits per heavy atom. The van der Waals surface area contributed by atoms with Crippen LogP contribution in [0.4, 0.5) is 0 Å². The number of amides is 1. The maximum atomic E-state index is 11.5. The number of carbonyl (C=O) groups excluding carboxylic acids is 2. The fourth-order valence-corrected chi connectivity index (χ4v) is 2.38. The van der Waals surface area contributed by atoms with Crippen LogP contribution in [0.1, 0.15) is 39.0 Å². The second-order valence-corrected chi connectivity index (χ2v) is 4.20. The van der Waals surface area contributed by atoms with Crippen LogP contribution in [0, 0.1) is 5.92 Å². The minimum absolute atomic E-state index is 0.0695. The molecule has 0 heterocycles. The van der Waals surface area contributed by atoms with Crippen molar-refractivity contribution in [1.82, 2.24) is 5.32 Å². The SMILES string of the molecule is CC(=O)NC1(C2CCC2)CCC1=O. The highest BCUT2D eigenvalue weighted by molar-refractivity contribution is 5.98. The highest BCUT2D eigenvalue weighted by atomic mass is 16.2. The fraction of sp³-hybridized carbons (Fsp3) is 0.800. The molecule has 1 N–H and O–H groups in total. The zero-order valence-electron chi connectivity index (χ0n) is 7.93. The van der Waals surface area contributed by atoms with Gasteiger partial charge in [0.2, 0.25) is 5.91 Å². The Kier molecular flexibility index (Phi) is 1.90. The summed E-state index contributed by atoms with van der Waals surface area (Å²) in [6.45, 7) is 1.49. The molecule has 2 fully saturated rings. The van der Waals surface area contributed by atoms with Crippen LogP contribution in [0.3, 0.4) is 0 Å². The molecule has 0 aromatic carbocycles. The summed E-state index contributed by atoms with van der Waals surface area (Å²) < 4.78 is 0. The van der Waals surface area contributed by atoms with E-state index < -0.39 is 5.54 Å². The summed E-state index contributed by atoms with van der Waals surface area (Å²) in [4.78, 5) is 22.5. The van der Waals surface area contributed by atoms with E-state index in [1.54, 1.807) is 0 Å². The molecule has 0 spiro atoms. The van der Waals surface area contributed by atoms with E-state index in [4.69, 9.17) is 0 Å². The lowest BCUT2D eigenvalue weighted by atomic mass is 9.60. The minimum atomic E-state index is -0.440. The van der Waals surface area contributed by atoms with Crippen molar-refractivity contribution in [2.24, 2.45) is 5.92 Å². The molecule has 2 aliphatic rings. The van der Waals surface area contributed by atoms with E-state index in [2.05, 4.69) is 5.32 Å². The van der Waals surface area contributed by atoms with Crippen LogP contribution in [0.5, 0.6) is 0 Å². The van der Waals surface area contributed by atoms with Gasteiger partial charge in [0.1, 0.15) is 5.54 Å². The molecule has 0 aromatic rings. The van der Waals surface area contributed by atoms with Crippen molar-refractivity contribution in [3.8, 4) is 0 Å². The van der Waals surface area contributed by atoms with Gasteiger partial charge in [-0.1, -0.05) is 6.42 Å². The molecule has 1 amide bonds. The first kappa shape index (κ1) is 8.73. The van der Waals surface area contributed by atoms with Gasteiger partial charge < -0.3 is 5.32 Å². The van der Waals surface area contributed by atoms with Gasteiger partial charge in [0.25, 0.3) is 0 Å². The second kappa shape index (κ2) is 2.82. The molecular formula is C10H15NO2. The Morgan fingerprint density at radius 2 is 2.23 bits per heavy atom. The molecular weight excluding hydrogens is 166 g/mol. The van der Waals surface area contributed by atoms with Crippen molar-refractivity contribution in [3.05, 3.63) is 0 Å². The molecule has 1 atom stereocenters. The number of Topliss-reactive ketones (excluding diaryl/α,β-unsaturated/α-hetero) is 1. The summed E-state index contributed by atoms with van der Waals surface area (Å²) in [6, 6.07) is 0. The summed E-state index contributed by atoms with van der Waals surface area (Å²) in [7, 11) is 0. The quantitative estimate of drug-likeness (QED) is 0.691. The van der Waals surface area contributed by atoms with E-state index in [0.717, 1.165) is 19.3 Å². The lowest BCUT2D eigenvalue weighted by Gasteiger charge is -2.50. The van der Waals surface area contributed by atoms with Crippen molar-refractivity contribution in [2.75, 3.05) is 0 Å². The van der Waals surface area contributed by atoms with E-state index in [1.807, 2.05) is 0 Å². The zero-order valence-corrected chi connectivity index (χ0v) is 7.93. The Bertz CT molecular complexity index is 258. The lowest BCUT2D eigenvalue weighted by molar-refractivity contribution is -0.143. The number of rotatable bonds is 2. The first-order chi connectivity index (χ1) is 6.15. The van der Waals surface area contributed by atoms with Crippen LogP contribution in [0.25, 0.3) is 0 Å². The van der Waals surface area contributed by atoms with Crippen molar-refractivity contribution in [3.63, 3.8) is 0 Å². The van der Waals surface area contributed by atoms with Gasteiger partial charge in [-0.15, -0.1) is 0 Å². The monoisotopic (exact) mass is 181 g/mol. The number of carbonyl (C=O) groups is 2. The van der Waals surface area contributed by atoms with Gasteiger partial charge in [0, 0.05) is 13.3 Å². The topological polar surface area (TPSA) is 46.2 Å². The molecule has 0 saturated heterocycles. The van der Waals surface area contributed by atoms with Crippen molar-refractivity contribution >= 4 is 11.7 Å². The first-order valence-electron chi connectivity index (χ1n) is 4.97. The van der Waals surface area contributed by atoms with Crippen LogP contribution in [-0.2, 0) is 9.59 Å². The molecule has 0 aromatic heterocycles. The third-order valence-electron chi connectivity index (χ3n) is 3.45. The summed E-state index contributed by atoms with van der Waals surface area (Å²) in [5.41, 5.74) is -0.440. The van der Waals surface area contributed by atoms with Gasteiger partial charge in [-0.3, -0.25) is 9.59 Å². The molecule has 72 valence electrons. The summed E-state index contributed by atoms with van der Waals surface area (Å²) >= 11 is 0. The van der Waals surface area contributed by atoms with Gasteiger partial charge in [-0.05, 0) is 25.2 Å². The molecule has 3 nitrogen and oxygen atoms in total.